The second-order valence-corrected chi connectivity index (χ2v) is 9.02. The molecule has 172 valence electrons. The third-order valence-electron chi connectivity index (χ3n) is 5.92. The largest absolute Gasteiger partial charge is 0.493 e. The minimum atomic E-state index is -0.889. The highest BCUT2D eigenvalue weighted by atomic mass is 35.5. The van der Waals surface area contributed by atoms with Crippen LogP contribution in [0, 0.1) is 0 Å². The van der Waals surface area contributed by atoms with Crippen molar-refractivity contribution >= 4 is 46.2 Å². The lowest BCUT2D eigenvalue weighted by Crippen LogP contribution is -2.49. The molecular weight excluding hydrogens is 468 g/mol. The minimum Gasteiger partial charge on any atom is -0.493 e. The van der Waals surface area contributed by atoms with E-state index in [2.05, 4.69) is 16.7 Å². The Morgan fingerprint density at radius 2 is 2.00 bits per heavy atom. The quantitative estimate of drug-likeness (QED) is 0.539. The SMILES string of the molecule is CN1C(=O)C(NC(=S)NCc2ccc3c(c2)CCO3)N=C(c2ccccc2)c2cc(Cl)ccc21. The van der Waals surface area contributed by atoms with Crippen molar-refractivity contribution in [3.8, 4) is 5.75 Å². The number of benzene rings is 3. The summed E-state index contributed by atoms with van der Waals surface area (Å²) >= 11 is 11.8. The van der Waals surface area contributed by atoms with Crippen LogP contribution in [0.1, 0.15) is 22.3 Å². The molecule has 34 heavy (non-hydrogen) atoms. The Bertz CT molecular complexity index is 1300. The molecule has 6 nitrogen and oxygen atoms in total. The lowest BCUT2D eigenvalue weighted by molar-refractivity contribution is -0.119. The summed E-state index contributed by atoms with van der Waals surface area (Å²) in [4.78, 5) is 19.7. The Balaban J connectivity index is 1.39. The lowest BCUT2D eigenvalue weighted by atomic mass is 10.0. The number of hydrogen-bond acceptors (Lipinski definition) is 4. The third kappa shape index (κ3) is 4.49. The number of benzodiazepines with no additional fused rings is 1. The van der Waals surface area contributed by atoms with Gasteiger partial charge < -0.3 is 20.3 Å². The van der Waals surface area contributed by atoms with Crippen LogP contribution in [0.2, 0.25) is 5.02 Å². The van der Waals surface area contributed by atoms with Crippen LogP contribution in [0.3, 0.4) is 0 Å². The molecule has 0 saturated carbocycles. The van der Waals surface area contributed by atoms with E-state index in [0.717, 1.165) is 41.2 Å². The van der Waals surface area contributed by atoms with Gasteiger partial charge in [-0.05, 0) is 47.6 Å². The number of nitrogens with one attached hydrogen (secondary N) is 2. The molecule has 0 radical (unpaired) electrons. The molecule has 3 aromatic rings. The van der Waals surface area contributed by atoms with Gasteiger partial charge in [-0.2, -0.15) is 0 Å². The maximum Gasteiger partial charge on any atom is 0.272 e. The van der Waals surface area contributed by atoms with Gasteiger partial charge in [0.15, 0.2) is 5.11 Å². The second kappa shape index (κ2) is 9.44. The fourth-order valence-corrected chi connectivity index (χ4v) is 4.53. The van der Waals surface area contributed by atoms with Crippen LogP contribution in [0.5, 0.6) is 5.75 Å². The number of anilines is 1. The predicted octanol–water partition coefficient (Wildman–Crippen LogP) is 4.08. The summed E-state index contributed by atoms with van der Waals surface area (Å²) in [5, 5.41) is 7.22. The van der Waals surface area contributed by atoms with Gasteiger partial charge in [0.25, 0.3) is 5.91 Å². The van der Waals surface area contributed by atoms with Gasteiger partial charge in [-0.15, -0.1) is 0 Å². The first-order chi connectivity index (χ1) is 16.5. The maximum absolute atomic E-state index is 13.3. The number of carbonyl (C=O) groups excluding carboxylic acids is 1. The molecule has 2 aliphatic heterocycles. The Morgan fingerprint density at radius 1 is 1.18 bits per heavy atom. The number of rotatable bonds is 4. The van der Waals surface area contributed by atoms with Gasteiger partial charge in [0.1, 0.15) is 5.75 Å². The summed E-state index contributed by atoms with van der Waals surface area (Å²) in [6.45, 7) is 1.25. The molecule has 1 unspecified atom stereocenters. The van der Waals surface area contributed by atoms with Crippen LogP contribution in [0.4, 0.5) is 5.69 Å². The highest BCUT2D eigenvalue weighted by molar-refractivity contribution is 7.80. The van der Waals surface area contributed by atoms with E-state index in [9.17, 15) is 4.79 Å². The highest BCUT2D eigenvalue weighted by Gasteiger charge is 2.30. The normalized spacial score (nSPS) is 16.6. The lowest BCUT2D eigenvalue weighted by Gasteiger charge is -2.22. The fraction of sp³-hybridized carbons (Fsp3) is 0.192. The topological polar surface area (TPSA) is 66.0 Å². The van der Waals surface area contributed by atoms with E-state index < -0.39 is 6.17 Å². The van der Waals surface area contributed by atoms with Crippen molar-refractivity contribution in [1.29, 1.82) is 0 Å². The standard InChI is InChI=1S/C26H23ClN4O2S/c1-31-21-9-8-19(27)14-20(21)23(17-5-3-2-4-6-17)29-24(25(31)32)30-26(34)28-15-16-7-10-22-18(13-16)11-12-33-22/h2-10,13-14,24H,11-12,15H2,1H3,(H2,28,30,34). The number of carbonyl (C=O) groups is 1. The predicted molar refractivity (Wildman–Crippen MR) is 139 cm³/mol. The van der Waals surface area contributed by atoms with E-state index >= 15 is 0 Å². The van der Waals surface area contributed by atoms with E-state index in [1.165, 1.54) is 5.56 Å². The number of ether oxygens (including phenoxy) is 1. The zero-order chi connectivity index (χ0) is 23.7. The summed E-state index contributed by atoms with van der Waals surface area (Å²) in [5.74, 6) is 0.729. The zero-order valence-corrected chi connectivity index (χ0v) is 20.1. The van der Waals surface area contributed by atoms with Crippen LogP contribution >= 0.6 is 23.8 Å². The van der Waals surface area contributed by atoms with E-state index in [1.54, 1.807) is 18.0 Å². The van der Waals surface area contributed by atoms with Crippen LogP contribution in [-0.2, 0) is 17.8 Å². The number of thiocarbonyl (C=S) groups is 1. The third-order valence-corrected chi connectivity index (χ3v) is 6.42. The molecule has 0 bridgehead atoms. The second-order valence-electron chi connectivity index (χ2n) is 8.17. The first kappa shape index (κ1) is 22.4. The number of aliphatic imine (C=N–C) groups is 1. The van der Waals surface area contributed by atoms with Crippen molar-refractivity contribution < 1.29 is 9.53 Å². The van der Waals surface area contributed by atoms with Crippen LogP contribution in [0.15, 0.2) is 71.7 Å². The molecule has 0 saturated heterocycles. The molecule has 8 heteroatoms. The Hall–Kier alpha value is -3.42. The summed E-state index contributed by atoms with van der Waals surface area (Å²) in [6, 6.07) is 21.3. The van der Waals surface area contributed by atoms with Crippen molar-refractivity contribution in [2.75, 3.05) is 18.6 Å². The number of fused-ring (bicyclic) bond motifs is 2. The van der Waals surface area contributed by atoms with Crippen molar-refractivity contribution in [3.05, 3.63) is 94.0 Å². The van der Waals surface area contributed by atoms with Gasteiger partial charge in [-0.1, -0.05) is 54.1 Å². The van der Waals surface area contributed by atoms with Crippen molar-refractivity contribution in [1.82, 2.24) is 10.6 Å². The molecule has 0 fully saturated rings. The van der Waals surface area contributed by atoms with Crippen molar-refractivity contribution in [3.63, 3.8) is 0 Å². The molecule has 5 rings (SSSR count). The van der Waals surface area contributed by atoms with Crippen molar-refractivity contribution in [2.24, 2.45) is 4.99 Å². The monoisotopic (exact) mass is 490 g/mol. The van der Waals surface area contributed by atoms with Gasteiger partial charge in [0.2, 0.25) is 6.17 Å². The summed E-state index contributed by atoms with van der Waals surface area (Å²) in [6.07, 6.45) is 0.0240. The molecule has 1 amide bonds. The van der Waals surface area contributed by atoms with Crippen LogP contribution in [0.25, 0.3) is 0 Å². The van der Waals surface area contributed by atoms with Gasteiger partial charge in [0.05, 0.1) is 18.0 Å². The molecule has 2 aliphatic rings. The Kier molecular flexibility index (Phi) is 6.22. The van der Waals surface area contributed by atoms with Gasteiger partial charge >= 0.3 is 0 Å². The number of amides is 1. The molecule has 2 heterocycles. The average molecular weight is 491 g/mol. The number of hydrogen-bond donors (Lipinski definition) is 2. The molecule has 1 atom stereocenters. The number of halogens is 1. The van der Waals surface area contributed by atoms with Crippen LogP contribution in [-0.4, -0.2) is 36.6 Å². The van der Waals surface area contributed by atoms with E-state index in [4.69, 9.17) is 33.5 Å². The number of likely N-dealkylation sites (N-methyl/N-ethyl adjacent to an activating group) is 1. The molecular formula is C26H23ClN4O2S. The van der Waals surface area contributed by atoms with Crippen LogP contribution < -0.4 is 20.3 Å². The zero-order valence-electron chi connectivity index (χ0n) is 18.5. The molecule has 3 aromatic carbocycles. The first-order valence-corrected chi connectivity index (χ1v) is 11.8. The Labute approximate surface area is 208 Å². The van der Waals surface area contributed by atoms with Gasteiger partial charge in [-0.3, -0.25) is 4.79 Å². The molecule has 0 aliphatic carbocycles. The van der Waals surface area contributed by atoms with Gasteiger partial charge in [-0.25, -0.2) is 4.99 Å². The first-order valence-electron chi connectivity index (χ1n) is 11.0. The smallest absolute Gasteiger partial charge is 0.272 e. The van der Waals surface area contributed by atoms with Crippen molar-refractivity contribution in [2.45, 2.75) is 19.1 Å². The number of nitrogens with zero attached hydrogens (tertiary/aromatic N) is 2. The average Bonchev–Trinajstić information content (AvgIpc) is 3.29. The summed E-state index contributed by atoms with van der Waals surface area (Å²) in [7, 11) is 1.73. The Morgan fingerprint density at radius 3 is 2.82 bits per heavy atom. The molecule has 0 aromatic heterocycles. The molecule has 2 N–H and O–H groups in total. The molecule has 0 spiro atoms. The van der Waals surface area contributed by atoms with E-state index in [1.807, 2.05) is 54.6 Å². The van der Waals surface area contributed by atoms with Gasteiger partial charge in [0, 0.05) is 36.2 Å². The van der Waals surface area contributed by atoms with E-state index in [0.29, 0.717) is 22.4 Å². The maximum atomic E-state index is 13.3. The van der Waals surface area contributed by atoms with E-state index in [-0.39, 0.29) is 5.91 Å². The minimum absolute atomic E-state index is 0.215. The fourth-order valence-electron chi connectivity index (χ4n) is 4.17. The summed E-state index contributed by atoms with van der Waals surface area (Å²) < 4.78 is 5.57. The highest BCUT2D eigenvalue weighted by Crippen LogP contribution is 2.30. The summed E-state index contributed by atoms with van der Waals surface area (Å²) in [5.41, 5.74) is 5.38.